The molecule has 14 heavy (non-hydrogen) atoms. The van der Waals surface area contributed by atoms with Crippen LogP contribution in [0.25, 0.3) is 0 Å². The molecule has 0 aliphatic heterocycles. The first kappa shape index (κ1) is 12.6. The predicted molar refractivity (Wildman–Crippen MR) is 54.1 cm³/mol. The van der Waals surface area contributed by atoms with Crippen molar-refractivity contribution in [3.63, 3.8) is 0 Å². The largest absolute Gasteiger partial charge is 0.480 e. The van der Waals surface area contributed by atoms with Crippen LogP contribution >= 0.6 is 0 Å². The van der Waals surface area contributed by atoms with E-state index in [0.29, 0.717) is 6.42 Å². The minimum absolute atomic E-state index is 0.385. The van der Waals surface area contributed by atoms with Crippen LogP contribution in [0, 0.1) is 0 Å². The number of benzene rings is 1. The Kier molecular flexibility index (Phi) is 6.30. The van der Waals surface area contributed by atoms with E-state index in [2.05, 4.69) is 11.7 Å². The maximum Gasteiger partial charge on any atom is 0.320 e. The summed E-state index contributed by atoms with van der Waals surface area (Å²) in [7, 11) is 0. The molecule has 0 aliphatic carbocycles. The molecule has 0 radical (unpaired) electrons. The molecule has 0 heterocycles. The monoisotopic (exact) mass is 197 g/mol. The highest BCUT2D eigenvalue weighted by Crippen LogP contribution is 2.01. The molecule has 0 unspecified atom stereocenters. The summed E-state index contributed by atoms with van der Waals surface area (Å²) in [5.41, 5.74) is 6.30. The van der Waals surface area contributed by atoms with Crippen molar-refractivity contribution in [3.8, 4) is 0 Å². The van der Waals surface area contributed by atoms with Gasteiger partial charge >= 0.3 is 5.97 Å². The summed E-state index contributed by atoms with van der Waals surface area (Å²) in [6, 6.07) is 8.54. The first-order valence-electron chi connectivity index (χ1n) is 4.06. The number of carboxylic acid groups (broad SMARTS) is 1. The third kappa shape index (κ3) is 4.56. The number of aliphatic carboxylic acids is 1. The van der Waals surface area contributed by atoms with Gasteiger partial charge in [-0.1, -0.05) is 30.3 Å². The summed E-state index contributed by atoms with van der Waals surface area (Å²) in [6.45, 7) is 0. The molecule has 1 aromatic rings. The lowest BCUT2D eigenvalue weighted by atomic mass is 10.1. The minimum atomic E-state index is -0.959. The Hall–Kier alpha value is -1.43. The van der Waals surface area contributed by atoms with Gasteiger partial charge in [-0.15, -0.1) is 0 Å². The van der Waals surface area contributed by atoms with Crippen LogP contribution in [0.4, 0.5) is 0 Å². The van der Waals surface area contributed by atoms with Gasteiger partial charge in [-0.2, -0.15) is 0 Å². The average molecular weight is 197 g/mol. The van der Waals surface area contributed by atoms with Crippen molar-refractivity contribution in [3.05, 3.63) is 35.9 Å². The smallest absolute Gasteiger partial charge is 0.320 e. The Labute approximate surface area is 82.5 Å². The Morgan fingerprint density at radius 3 is 2.21 bits per heavy atom. The van der Waals surface area contributed by atoms with Crippen molar-refractivity contribution in [1.82, 2.24) is 0 Å². The molecule has 78 valence electrons. The summed E-state index contributed by atoms with van der Waals surface area (Å²) in [5, 5.41) is 8.52. The third-order valence-corrected chi connectivity index (χ3v) is 1.62. The van der Waals surface area contributed by atoms with Gasteiger partial charge in [0.05, 0.1) is 0 Å². The van der Waals surface area contributed by atoms with E-state index in [-0.39, 0.29) is 0 Å². The van der Waals surface area contributed by atoms with Crippen LogP contribution in [0.15, 0.2) is 30.3 Å². The molecule has 5 heteroatoms. The molecule has 0 saturated heterocycles. The van der Waals surface area contributed by atoms with Crippen LogP contribution in [0.3, 0.4) is 0 Å². The van der Waals surface area contributed by atoms with E-state index in [1.165, 1.54) is 0 Å². The van der Waals surface area contributed by atoms with E-state index in [1.54, 1.807) is 0 Å². The zero-order valence-electron chi connectivity index (χ0n) is 7.76. The second-order valence-corrected chi connectivity index (χ2v) is 2.63. The molecule has 1 aromatic carbocycles. The number of carbonyl (C=O) groups is 1. The highest BCUT2D eigenvalue weighted by molar-refractivity contribution is 5.73. The van der Waals surface area contributed by atoms with Gasteiger partial charge in [0.25, 0.3) is 0 Å². The maximum absolute atomic E-state index is 10.4. The van der Waals surface area contributed by atoms with Crippen molar-refractivity contribution in [2.24, 2.45) is 17.4 Å². The van der Waals surface area contributed by atoms with Crippen LogP contribution in [0.1, 0.15) is 5.56 Å². The Morgan fingerprint density at radius 1 is 1.29 bits per heavy atom. The molecule has 0 aliphatic rings. The molecule has 0 amide bonds. The van der Waals surface area contributed by atoms with Gasteiger partial charge in [0.2, 0.25) is 0 Å². The number of hydrazine groups is 1. The minimum Gasteiger partial charge on any atom is -0.480 e. The number of carboxylic acids is 1. The summed E-state index contributed by atoms with van der Waals surface area (Å²) in [6.07, 6.45) is 0.385. The normalized spacial score (nSPS) is 11.1. The highest BCUT2D eigenvalue weighted by atomic mass is 16.4. The fourth-order valence-corrected chi connectivity index (χ4v) is 0.955. The van der Waals surface area contributed by atoms with Gasteiger partial charge in [-0.3, -0.25) is 16.5 Å². The maximum atomic E-state index is 10.4. The van der Waals surface area contributed by atoms with Crippen molar-refractivity contribution < 1.29 is 9.90 Å². The number of nitrogens with two attached hydrogens (primary N) is 3. The predicted octanol–water partition coefficient (Wildman–Crippen LogP) is -0.540. The molecule has 5 nitrogen and oxygen atoms in total. The SMILES string of the molecule is NN.N[C@@H](Cc1ccccc1)C(=O)O. The molecule has 1 rings (SSSR count). The number of hydrogen-bond acceptors (Lipinski definition) is 4. The van der Waals surface area contributed by atoms with E-state index >= 15 is 0 Å². The lowest BCUT2D eigenvalue weighted by molar-refractivity contribution is -0.138. The van der Waals surface area contributed by atoms with Gasteiger partial charge in [-0.05, 0) is 12.0 Å². The fraction of sp³-hybridized carbons (Fsp3) is 0.222. The Morgan fingerprint density at radius 2 is 1.79 bits per heavy atom. The van der Waals surface area contributed by atoms with Crippen molar-refractivity contribution in [2.45, 2.75) is 12.5 Å². The molecule has 0 saturated carbocycles. The van der Waals surface area contributed by atoms with Crippen LogP contribution in [-0.4, -0.2) is 17.1 Å². The molecule has 0 fully saturated rings. The highest BCUT2D eigenvalue weighted by Gasteiger charge is 2.10. The summed E-state index contributed by atoms with van der Waals surface area (Å²) in [5.74, 6) is 7.04. The molecule has 0 spiro atoms. The zero-order valence-corrected chi connectivity index (χ0v) is 7.76. The van der Waals surface area contributed by atoms with E-state index in [1.807, 2.05) is 30.3 Å². The van der Waals surface area contributed by atoms with Gasteiger partial charge in [0.1, 0.15) is 6.04 Å². The molecular weight excluding hydrogens is 182 g/mol. The Bertz CT molecular complexity index is 264. The van der Waals surface area contributed by atoms with Gasteiger partial charge < -0.3 is 10.8 Å². The molecule has 1 atom stereocenters. The lowest BCUT2D eigenvalue weighted by Crippen LogP contribution is -2.32. The van der Waals surface area contributed by atoms with Crippen molar-refractivity contribution in [2.75, 3.05) is 0 Å². The second-order valence-electron chi connectivity index (χ2n) is 2.63. The van der Waals surface area contributed by atoms with Gasteiger partial charge in [0, 0.05) is 0 Å². The average Bonchev–Trinajstić information content (AvgIpc) is 2.22. The molecule has 0 aromatic heterocycles. The molecule has 7 N–H and O–H groups in total. The van der Waals surface area contributed by atoms with E-state index in [9.17, 15) is 4.79 Å². The van der Waals surface area contributed by atoms with Crippen molar-refractivity contribution in [1.29, 1.82) is 0 Å². The van der Waals surface area contributed by atoms with Crippen molar-refractivity contribution >= 4 is 5.97 Å². The summed E-state index contributed by atoms with van der Waals surface area (Å²) >= 11 is 0. The van der Waals surface area contributed by atoms with Gasteiger partial charge in [0.15, 0.2) is 0 Å². The van der Waals surface area contributed by atoms with Gasteiger partial charge in [-0.25, -0.2) is 0 Å². The third-order valence-electron chi connectivity index (χ3n) is 1.62. The summed E-state index contributed by atoms with van der Waals surface area (Å²) in [4.78, 5) is 10.4. The van der Waals surface area contributed by atoms with Crippen LogP contribution in [-0.2, 0) is 11.2 Å². The fourth-order valence-electron chi connectivity index (χ4n) is 0.955. The molecule has 0 bridgehead atoms. The standard InChI is InChI=1S/C9H11NO2.H4N2/c10-8(9(11)12)6-7-4-2-1-3-5-7;1-2/h1-5,8H,6,10H2,(H,11,12);1-2H2/t8-;/m0./s1. The van der Waals surface area contributed by atoms with E-state index in [0.717, 1.165) is 5.56 Å². The quantitative estimate of drug-likeness (QED) is 0.383. The van der Waals surface area contributed by atoms with E-state index < -0.39 is 12.0 Å². The lowest BCUT2D eigenvalue weighted by Gasteiger charge is -2.04. The van der Waals surface area contributed by atoms with E-state index in [4.69, 9.17) is 10.8 Å². The number of rotatable bonds is 3. The van der Waals surface area contributed by atoms with Crippen LogP contribution in [0.2, 0.25) is 0 Å². The molecular formula is C9H15N3O2. The zero-order chi connectivity index (χ0) is 11.0. The first-order chi connectivity index (χ1) is 6.70. The van der Waals surface area contributed by atoms with Crippen LogP contribution < -0.4 is 17.4 Å². The topological polar surface area (TPSA) is 115 Å². The van der Waals surface area contributed by atoms with Crippen LogP contribution in [0.5, 0.6) is 0 Å². The first-order valence-corrected chi connectivity index (χ1v) is 4.06. The number of hydrogen-bond donors (Lipinski definition) is 4. The second kappa shape index (κ2) is 7.02. The summed E-state index contributed by atoms with van der Waals surface area (Å²) < 4.78 is 0. The Balaban J connectivity index is 0.000000791.